The Morgan fingerprint density at radius 3 is 2.55 bits per heavy atom. The van der Waals surface area contributed by atoms with Crippen molar-refractivity contribution in [2.24, 2.45) is 0 Å². The van der Waals surface area contributed by atoms with Crippen molar-refractivity contribution in [3.05, 3.63) is 69.8 Å². The maximum Gasteiger partial charge on any atom is 0.252 e. The van der Waals surface area contributed by atoms with Crippen LogP contribution in [-0.2, 0) is 19.5 Å². The summed E-state index contributed by atoms with van der Waals surface area (Å²) in [5, 5.41) is 13.6. The molecule has 1 aliphatic rings. The van der Waals surface area contributed by atoms with E-state index in [1.54, 1.807) is 21.3 Å². The highest BCUT2D eigenvalue weighted by Gasteiger charge is 2.23. The summed E-state index contributed by atoms with van der Waals surface area (Å²) in [6.07, 6.45) is 5.34. The summed E-state index contributed by atoms with van der Waals surface area (Å²) in [5.74, 6) is 2.92. The molecule has 38 heavy (non-hydrogen) atoms. The molecule has 2 heterocycles. The second kappa shape index (κ2) is 11.6. The van der Waals surface area contributed by atoms with Crippen molar-refractivity contribution in [2.75, 3.05) is 27.9 Å². The zero-order chi connectivity index (χ0) is 26.5. The van der Waals surface area contributed by atoms with E-state index in [9.17, 15) is 4.79 Å². The largest absolute Gasteiger partial charge is 0.497 e. The third-order valence-electron chi connectivity index (χ3n) is 7.29. The summed E-state index contributed by atoms with van der Waals surface area (Å²) in [6, 6.07) is 13.9. The number of benzene rings is 2. The molecule has 10 heteroatoms. The van der Waals surface area contributed by atoms with E-state index >= 15 is 0 Å². The number of aromatic amines is 1. The lowest BCUT2D eigenvalue weighted by Crippen LogP contribution is -2.30. The fourth-order valence-electron chi connectivity index (χ4n) is 5.20. The number of pyridine rings is 1. The third kappa shape index (κ3) is 5.65. The predicted molar refractivity (Wildman–Crippen MR) is 144 cm³/mol. The predicted octanol–water partition coefficient (Wildman–Crippen LogP) is 3.90. The third-order valence-corrected chi connectivity index (χ3v) is 7.29. The first-order chi connectivity index (χ1) is 18.6. The van der Waals surface area contributed by atoms with E-state index < -0.39 is 0 Å². The fraction of sp³-hybridized carbons (Fsp3) is 0.429. The van der Waals surface area contributed by atoms with Gasteiger partial charge in [0.1, 0.15) is 5.75 Å². The molecule has 10 nitrogen and oxygen atoms in total. The molecule has 2 aromatic carbocycles. The second-order valence-electron chi connectivity index (χ2n) is 9.70. The molecule has 1 saturated carbocycles. The molecule has 1 N–H and O–H groups in total. The number of hydrogen-bond donors (Lipinski definition) is 1. The molecule has 0 atom stereocenters. The zero-order valence-electron chi connectivity index (χ0n) is 22.1. The fourth-order valence-corrected chi connectivity index (χ4v) is 5.20. The molecule has 5 rings (SSSR count). The van der Waals surface area contributed by atoms with Gasteiger partial charge in [0.15, 0.2) is 17.3 Å². The Hall–Kier alpha value is -3.92. The Morgan fingerprint density at radius 1 is 0.974 bits per heavy atom. The molecule has 0 radical (unpaired) electrons. The number of H-pyrrole nitrogens is 1. The molecule has 4 aromatic rings. The van der Waals surface area contributed by atoms with Crippen LogP contribution in [0.1, 0.15) is 48.7 Å². The topological polar surface area (TPSA) is 107 Å². The van der Waals surface area contributed by atoms with Crippen molar-refractivity contribution in [1.29, 1.82) is 0 Å². The summed E-state index contributed by atoms with van der Waals surface area (Å²) in [5.41, 5.74) is 2.44. The average Bonchev–Trinajstić information content (AvgIpc) is 3.63. The summed E-state index contributed by atoms with van der Waals surface area (Å²) in [4.78, 5) is 18.3. The molecular weight excluding hydrogens is 484 g/mol. The number of hydrogen-bond acceptors (Lipinski definition) is 8. The molecule has 1 fully saturated rings. The van der Waals surface area contributed by atoms with Crippen molar-refractivity contribution in [3.63, 3.8) is 0 Å². The van der Waals surface area contributed by atoms with Crippen LogP contribution in [0.25, 0.3) is 10.9 Å². The summed E-state index contributed by atoms with van der Waals surface area (Å²) < 4.78 is 18.2. The highest BCUT2D eigenvalue weighted by molar-refractivity contribution is 5.80. The SMILES string of the molecule is COc1ccc2cc(CN(CCc3ccc(OC)c(OC)c3)Cc3nnnn3C3CCCC3)c(=O)[nH]c2c1. The van der Waals surface area contributed by atoms with E-state index in [1.807, 2.05) is 47.1 Å². The van der Waals surface area contributed by atoms with Crippen LogP contribution in [0.5, 0.6) is 17.2 Å². The average molecular weight is 519 g/mol. The van der Waals surface area contributed by atoms with Gasteiger partial charge in [-0.2, -0.15) is 0 Å². The van der Waals surface area contributed by atoms with Crippen LogP contribution in [0, 0.1) is 0 Å². The van der Waals surface area contributed by atoms with Crippen molar-refractivity contribution in [2.45, 2.75) is 51.2 Å². The van der Waals surface area contributed by atoms with Crippen LogP contribution in [-0.4, -0.2) is 58.0 Å². The zero-order valence-corrected chi connectivity index (χ0v) is 22.1. The quantitative estimate of drug-likeness (QED) is 0.319. The smallest absolute Gasteiger partial charge is 0.252 e. The highest BCUT2D eigenvalue weighted by Crippen LogP contribution is 2.30. The standard InChI is InChI=1S/C28H34N6O4/c1-36-23-10-9-20-15-21(28(35)29-24(20)16-23)17-33(13-12-19-8-11-25(37-2)26(14-19)38-3)18-27-30-31-32-34(27)22-6-4-5-7-22/h8-11,14-16,22H,4-7,12-13,17-18H2,1-3H3,(H,29,35). The lowest BCUT2D eigenvalue weighted by atomic mass is 10.1. The van der Waals surface area contributed by atoms with Gasteiger partial charge in [-0.05, 0) is 71.0 Å². The van der Waals surface area contributed by atoms with Gasteiger partial charge < -0.3 is 19.2 Å². The summed E-state index contributed by atoms with van der Waals surface area (Å²) >= 11 is 0. The van der Waals surface area contributed by atoms with Gasteiger partial charge in [-0.15, -0.1) is 5.10 Å². The van der Waals surface area contributed by atoms with Gasteiger partial charge in [0.25, 0.3) is 5.56 Å². The van der Waals surface area contributed by atoms with Crippen molar-refractivity contribution in [3.8, 4) is 17.2 Å². The van der Waals surface area contributed by atoms with Gasteiger partial charge in [0, 0.05) is 24.7 Å². The first kappa shape index (κ1) is 25.7. The van der Waals surface area contributed by atoms with Gasteiger partial charge in [-0.25, -0.2) is 4.68 Å². The molecule has 0 amide bonds. The Labute approximate surface area is 221 Å². The molecule has 0 aliphatic heterocycles. The molecule has 1 aliphatic carbocycles. The lowest BCUT2D eigenvalue weighted by molar-refractivity contribution is 0.243. The van der Waals surface area contributed by atoms with E-state index in [-0.39, 0.29) is 5.56 Å². The van der Waals surface area contributed by atoms with Gasteiger partial charge in [-0.3, -0.25) is 9.69 Å². The number of tetrazole rings is 1. The van der Waals surface area contributed by atoms with E-state index in [2.05, 4.69) is 25.4 Å². The number of ether oxygens (including phenoxy) is 3. The Balaban J connectivity index is 1.41. The van der Waals surface area contributed by atoms with Gasteiger partial charge in [0.2, 0.25) is 0 Å². The molecule has 200 valence electrons. The van der Waals surface area contributed by atoms with E-state index in [0.29, 0.717) is 48.5 Å². The number of nitrogens with zero attached hydrogens (tertiary/aromatic N) is 5. The van der Waals surface area contributed by atoms with Crippen molar-refractivity contribution < 1.29 is 14.2 Å². The minimum absolute atomic E-state index is 0.114. The lowest BCUT2D eigenvalue weighted by Gasteiger charge is -2.23. The molecule has 0 spiro atoms. The monoisotopic (exact) mass is 518 g/mol. The Bertz CT molecular complexity index is 1440. The first-order valence-corrected chi connectivity index (χ1v) is 13.0. The van der Waals surface area contributed by atoms with Crippen LogP contribution >= 0.6 is 0 Å². The van der Waals surface area contributed by atoms with Crippen LogP contribution in [0.3, 0.4) is 0 Å². The van der Waals surface area contributed by atoms with E-state index in [0.717, 1.165) is 41.6 Å². The van der Waals surface area contributed by atoms with Gasteiger partial charge in [-0.1, -0.05) is 18.9 Å². The van der Waals surface area contributed by atoms with E-state index in [4.69, 9.17) is 14.2 Å². The van der Waals surface area contributed by atoms with Crippen LogP contribution < -0.4 is 19.8 Å². The highest BCUT2D eigenvalue weighted by atomic mass is 16.5. The Kier molecular flexibility index (Phi) is 7.88. The maximum atomic E-state index is 13.1. The number of aromatic nitrogens is 5. The summed E-state index contributed by atoms with van der Waals surface area (Å²) in [7, 11) is 4.88. The molecule has 0 bridgehead atoms. The molecule has 2 aromatic heterocycles. The summed E-state index contributed by atoms with van der Waals surface area (Å²) in [6.45, 7) is 1.70. The van der Waals surface area contributed by atoms with Crippen molar-refractivity contribution >= 4 is 10.9 Å². The molecule has 0 saturated heterocycles. The minimum atomic E-state index is -0.114. The normalized spacial score (nSPS) is 13.9. The van der Waals surface area contributed by atoms with Crippen LogP contribution in [0.2, 0.25) is 0 Å². The molecular formula is C28H34N6O4. The maximum absolute atomic E-state index is 13.1. The number of methoxy groups -OCH3 is 3. The van der Waals surface area contributed by atoms with Gasteiger partial charge in [0.05, 0.1) is 39.4 Å². The Morgan fingerprint density at radius 2 is 1.79 bits per heavy atom. The van der Waals surface area contributed by atoms with Crippen LogP contribution in [0.4, 0.5) is 0 Å². The number of nitrogens with one attached hydrogen (secondary N) is 1. The van der Waals surface area contributed by atoms with Crippen molar-refractivity contribution in [1.82, 2.24) is 30.1 Å². The van der Waals surface area contributed by atoms with Gasteiger partial charge >= 0.3 is 0 Å². The second-order valence-corrected chi connectivity index (χ2v) is 9.70. The first-order valence-electron chi connectivity index (χ1n) is 13.0. The van der Waals surface area contributed by atoms with Crippen LogP contribution in [0.15, 0.2) is 47.3 Å². The number of fused-ring (bicyclic) bond motifs is 1. The number of rotatable bonds is 11. The molecule has 0 unspecified atom stereocenters. The van der Waals surface area contributed by atoms with E-state index in [1.165, 1.54) is 12.8 Å². The minimum Gasteiger partial charge on any atom is -0.497 e.